The third kappa shape index (κ3) is 1.71. The maximum Gasteiger partial charge on any atom is 0.295 e. The molecule has 1 N–H and O–H groups in total. The van der Waals surface area contributed by atoms with Crippen LogP contribution in [0.2, 0.25) is 5.02 Å². The van der Waals surface area contributed by atoms with Crippen LogP contribution in [0.15, 0.2) is 36.7 Å². The Labute approximate surface area is 90.7 Å². The average Bonchev–Trinajstić information content (AvgIpc) is 2.69. The average molecular weight is 223 g/mol. The van der Waals surface area contributed by atoms with Crippen molar-refractivity contribution in [3.8, 4) is 11.1 Å². The van der Waals surface area contributed by atoms with Crippen molar-refractivity contribution in [1.82, 2.24) is 4.98 Å². The molecule has 15 heavy (non-hydrogen) atoms. The molecule has 0 aliphatic rings. The first-order valence-corrected chi connectivity index (χ1v) is 4.64. The number of nitro groups is 1. The van der Waals surface area contributed by atoms with Gasteiger partial charge in [0.1, 0.15) is 5.02 Å². The molecule has 1 aromatic carbocycles. The zero-order valence-electron chi connectivity index (χ0n) is 7.61. The van der Waals surface area contributed by atoms with Crippen LogP contribution >= 0.6 is 11.6 Å². The minimum absolute atomic E-state index is 0.0567. The van der Waals surface area contributed by atoms with Crippen molar-refractivity contribution < 1.29 is 4.92 Å². The first-order chi connectivity index (χ1) is 7.20. The van der Waals surface area contributed by atoms with Crippen LogP contribution in [0.4, 0.5) is 5.69 Å². The summed E-state index contributed by atoms with van der Waals surface area (Å²) in [5.74, 6) is 0. The number of H-pyrrole nitrogens is 1. The van der Waals surface area contributed by atoms with Gasteiger partial charge in [0.05, 0.1) is 10.5 Å². The number of aromatic amines is 1. The van der Waals surface area contributed by atoms with Crippen LogP contribution in [0.3, 0.4) is 0 Å². The third-order valence-corrected chi connectivity index (χ3v) is 2.38. The molecule has 0 amide bonds. The standard InChI is InChI=1S/C10H7ClN2O2/c11-9-3-1-2-8(10(9)13(14)15)7-4-5-12-6-7/h1-6,12H. The van der Waals surface area contributed by atoms with E-state index in [0.717, 1.165) is 5.56 Å². The fourth-order valence-corrected chi connectivity index (χ4v) is 1.67. The zero-order valence-corrected chi connectivity index (χ0v) is 8.36. The second kappa shape index (κ2) is 3.74. The van der Waals surface area contributed by atoms with E-state index in [1.807, 2.05) is 0 Å². The highest BCUT2D eigenvalue weighted by Gasteiger charge is 2.19. The largest absolute Gasteiger partial charge is 0.367 e. The molecule has 0 saturated heterocycles. The van der Waals surface area contributed by atoms with E-state index < -0.39 is 4.92 Å². The van der Waals surface area contributed by atoms with Crippen LogP contribution in [-0.2, 0) is 0 Å². The molecule has 0 bridgehead atoms. The van der Waals surface area contributed by atoms with Crippen molar-refractivity contribution in [2.45, 2.75) is 0 Å². The Bertz CT molecular complexity index is 494. The van der Waals surface area contributed by atoms with Gasteiger partial charge in [-0.25, -0.2) is 0 Å². The van der Waals surface area contributed by atoms with Gasteiger partial charge < -0.3 is 4.98 Å². The summed E-state index contributed by atoms with van der Waals surface area (Å²) in [7, 11) is 0. The molecular weight excluding hydrogens is 216 g/mol. The molecule has 0 aliphatic carbocycles. The quantitative estimate of drug-likeness (QED) is 0.626. The van der Waals surface area contributed by atoms with E-state index >= 15 is 0 Å². The van der Waals surface area contributed by atoms with Gasteiger partial charge in [0.25, 0.3) is 5.69 Å². The number of hydrogen-bond donors (Lipinski definition) is 1. The van der Waals surface area contributed by atoms with Gasteiger partial charge in [-0.2, -0.15) is 0 Å². The maximum absolute atomic E-state index is 10.8. The zero-order chi connectivity index (χ0) is 10.8. The van der Waals surface area contributed by atoms with Gasteiger partial charge in [0.15, 0.2) is 0 Å². The molecule has 5 heteroatoms. The first kappa shape index (κ1) is 9.73. The number of para-hydroxylation sites is 1. The Morgan fingerprint density at radius 1 is 1.33 bits per heavy atom. The topological polar surface area (TPSA) is 58.9 Å². The Morgan fingerprint density at radius 3 is 2.73 bits per heavy atom. The van der Waals surface area contributed by atoms with E-state index in [9.17, 15) is 10.1 Å². The fourth-order valence-electron chi connectivity index (χ4n) is 1.43. The van der Waals surface area contributed by atoms with Crippen molar-refractivity contribution in [1.29, 1.82) is 0 Å². The Hall–Kier alpha value is -1.81. The summed E-state index contributed by atoms with van der Waals surface area (Å²) in [6, 6.07) is 6.64. The molecule has 1 aromatic heterocycles. The first-order valence-electron chi connectivity index (χ1n) is 4.26. The summed E-state index contributed by atoms with van der Waals surface area (Å²) in [6.45, 7) is 0. The van der Waals surface area contributed by atoms with Gasteiger partial charge in [0.2, 0.25) is 0 Å². The highest BCUT2D eigenvalue weighted by Crippen LogP contribution is 2.35. The predicted molar refractivity (Wildman–Crippen MR) is 57.9 cm³/mol. The summed E-state index contributed by atoms with van der Waals surface area (Å²) in [5.41, 5.74) is 1.22. The van der Waals surface area contributed by atoms with Gasteiger partial charge in [-0.05, 0) is 18.2 Å². The van der Waals surface area contributed by atoms with E-state index in [2.05, 4.69) is 4.98 Å². The number of rotatable bonds is 2. The molecule has 2 rings (SSSR count). The number of nitro benzene ring substituents is 1. The van der Waals surface area contributed by atoms with Crippen molar-refractivity contribution in [2.75, 3.05) is 0 Å². The number of nitrogens with zero attached hydrogens (tertiary/aromatic N) is 1. The third-order valence-electron chi connectivity index (χ3n) is 2.08. The molecule has 0 aliphatic heterocycles. The van der Waals surface area contributed by atoms with Crippen molar-refractivity contribution >= 4 is 17.3 Å². The van der Waals surface area contributed by atoms with E-state index in [4.69, 9.17) is 11.6 Å². The highest BCUT2D eigenvalue weighted by atomic mass is 35.5. The van der Waals surface area contributed by atoms with Crippen molar-refractivity contribution in [2.24, 2.45) is 0 Å². The maximum atomic E-state index is 10.8. The monoisotopic (exact) mass is 222 g/mol. The molecule has 0 radical (unpaired) electrons. The molecule has 4 nitrogen and oxygen atoms in total. The lowest BCUT2D eigenvalue weighted by atomic mass is 10.1. The van der Waals surface area contributed by atoms with E-state index in [1.165, 1.54) is 6.07 Å². The molecule has 2 aromatic rings. The molecule has 1 heterocycles. The predicted octanol–water partition coefficient (Wildman–Crippen LogP) is 3.24. The van der Waals surface area contributed by atoms with Crippen LogP contribution in [0, 0.1) is 10.1 Å². The molecule has 0 unspecified atom stereocenters. The SMILES string of the molecule is O=[N+]([O-])c1c(Cl)cccc1-c1cc[nH]c1. The molecule has 0 atom stereocenters. The second-order valence-electron chi connectivity index (χ2n) is 2.99. The van der Waals surface area contributed by atoms with E-state index in [1.54, 1.807) is 30.6 Å². The minimum Gasteiger partial charge on any atom is -0.367 e. The van der Waals surface area contributed by atoms with Crippen molar-refractivity contribution in [3.63, 3.8) is 0 Å². The van der Waals surface area contributed by atoms with Gasteiger partial charge in [-0.3, -0.25) is 10.1 Å². The molecule has 0 saturated carbocycles. The normalized spacial score (nSPS) is 10.2. The van der Waals surface area contributed by atoms with Gasteiger partial charge >= 0.3 is 0 Å². The molecule has 0 spiro atoms. The van der Waals surface area contributed by atoms with Crippen LogP contribution < -0.4 is 0 Å². The lowest BCUT2D eigenvalue weighted by Gasteiger charge is -2.01. The summed E-state index contributed by atoms with van der Waals surface area (Å²) in [5, 5.41) is 11.0. The van der Waals surface area contributed by atoms with Gasteiger partial charge in [-0.1, -0.05) is 17.7 Å². The van der Waals surface area contributed by atoms with E-state index in [-0.39, 0.29) is 10.7 Å². The molecule has 76 valence electrons. The van der Waals surface area contributed by atoms with Crippen LogP contribution in [-0.4, -0.2) is 9.91 Å². The lowest BCUT2D eigenvalue weighted by molar-refractivity contribution is -0.384. The van der Waals surface area contributed by atoms with Gasteiger partial charge in [-0.15, -0.1) is 0 Å². The molecule has 0 fully saturated rings. The summed E-state index contributed by atoms with van der Waals surface area (Å²) in [6.07, 6.45) is 3.40. The summed E-state index contributed by atoms with van der Waals surface area (Å²) in [4.78, 5) is 13.2. The van der Waals surface area contributed by atoms with Crippen LogP contribution in [0.1, 0.15) is 0 Å². The van der Waals surface area contributed by atoms with Gasteiger partial charge in [0, 0.05) is 18.0 Å². The number of benzene rings is 1. The van der Waals surface area contributed by atoms with E-state index in [0.29, 0.717) is 5.56 Å². The number of aromatic nitrogens is 1. The fraction of sp³-hybridized carbons (Fsp3) is 0. The Balaban J connectivity index is 2.66. The summed E-state index contributed by atoms with van der Waals surface area (Å²) >= 11 is 5.79. The minimum atomic E-state index is -0.468. The van der Waals surface area contributed by atoms with Crippen LogP contribution in [0.5, 0.6) is 0 Å². The number of halogens is 1. The Kier molecular flexibility index (Phi) is 2.43. The summed E-state index contributed by atoms with van der Waals surface area (Å²) < 4.78 is 0. The number of nitrogens with one attached hydrogen (secondary N) is 1. The molecular formula is C10H7ClN2O2. The second-order valence-corrected chi connectivity index (χ2v) is 3.40. The van der Waals surface area contributed by atoms with Crippen LogP contribution in [0.25, 0.3) is 11.1 Å². The lowest BCUT2D eigenvalue weighted by Crippen LogP contribution is -1.92. The smallest absolute Gasteiger partial charge is 0.295 e. The Morgan fingerprint density at radius 2 is 2.13 bits per heavy atom. The number of hydrogen-bond acceptors (Lipinski definition) is 2. The van der Waals surface area contributed by atoms with Crippen molar-refractivity contribution in [3.05, 3.63) is 51.8 Å². The highest BCUT2D eigenvalue weighted by molar-refractivity contribution is 6.33.